The molecule has 3 aliphatic rings. The van der Waals surface area contributed by atoms with E-state index in [1.807, 2.05) is 0 Å². The first-order valence-electron chi connectivity index (χ1n) is 9.25. The minimum atomic E-state index is 0.414. The fourth-order valence-electron chi connectivity index (χ4n) is 6.06. The summed E-state index contributed by atoms with van der Waals surface area (Å²) in [5.74, 6) is 7.44. The van der Waals surface area contributed by atoms with Gasteiger partial charge < -0.3 is 0 Å². The minimum Gasteiger partial charge on any atom is -0.0845 e. The van der Waals surface area contributed by atoms with Crippen LogP contribution in [0, 0.1) is 58.7 Å². The maximum absolute atomic E-state index is 2.61. The van der Waals surface area contributed by atoms with E-state index in [0.29, 0.717) is 5.41 Å². The van der Waals surface area contributed by atoms with E-state index in [-0.39, 0.29) is 0 Å². The Bertz CT molecular complexity index is 379. The molecule has 6 unspecified atom stereocenters. The number of hydrogen-bond donors (Lipinski definition) is 0. The van der Waals surface area contributed by atoms with Crippen LogP contribution in [0.5, 0.6) is 0 Å². The lowest BCUT2D eigenvalue weighted by molar-refractivity contribution is -0.0934. The number of fused-ring (bicyclic) bond motifs is 2. The molecule has 0 heterocycles. The maximum atomic E-state index is 2.61. The second kappa shape index (κ2) is 5.74. The largest absolute Gasteiger partial charge is 0.0845 e. The Morgan fingerprint density at radius 2 is 1.00 bits per heavy atom. The van der Waals surface area contributed by atoms with Crippen LogP contribution in [0.25, 0.3) is 0 Å². The average Bonchev–Trinajstić information content (AvgIpc) is 2.35. The third-order valence-electron chi connectivity index (χ3n) is 6.47. The summed E-state index contributed by atoms with van der Waals surface area (Å²) in [6, 6.07) is 0. The van der Waals surface area contributed by atoms with Gasteiger partial charge in [-0.05, 0) is 58.7 Å². The Hall–Kier alpha value is -0.260. The molecule has 0 aromatic carbocycles. The van der Waals surface area contributed by atoms with Crippen molar-refractivity contribution in [1.82, 2.24) is 0 Å². The van der Waals surface area contributed by atoms with Gasteiger partial charge in [0.2, 0.25) is 0 Å². The predicted octanol–water partition coefficient (Wildman–Crippen LogP) is 6.28. The van der Waals surface area contributed by atoms with Crippen molar-refractivity contribution >= 4 is 0 Å². The second-order valence-electron chi connectivity index (χ2n) is 9.90. The standard InChI is InChI=1S/C21H38/c1-12(2)17-15-10-11-16(18(17)13(3)4)20(21(7,8)9)19(15)14(5)6/h10-20H,1-9H3. The fourth-order valence-corrected chi connectivity index (χ4v) is 6.06. The molecule has 0 N–H and O–H groups in total. The molecule has 0 amide bonds. The van der Waals surface area contributed by atoms with Crippen LogP contribution in [0.1, 0.15) is 62.3 Å². The Kier molecular flexibility index (Phi) is 4.68. The fraction of sp³-hybridized carbons (Fsp3) is 0.905. The van der Waals surface area contributed by atoms with Crippen molar-refractivity contribution in [3.05, 3.63) is 12.2 Å². The van der Waals surface area contributed by atoms with Gasteiger partial charge in [-0.1, -0.05) is 74.5 Å². The molecule has 0 aliphatic heterocycles. The van der Waals surface area contributed by atoms with E-state index in [1.54, 1.807) is 0 Å². The third kappa shape index (κ3) is 2.84. The van der Waals surface area contributed by atoms with Crippen LogP contribution >= 0.6 is 0 Å². The van der Waals surface area contributed by atoms with Gasteiger partial charge in [0.15, 0.2) is 0 Å². The maximum Gasteiger partial charge on any atom is -0.0163 e. The van der Waals surface area contributed by atoms with E-state index in [9.17, 15) is 0 Å². The predicted molar refractivity (Wildman–Crippen MR) is 94.0 cm³/mol. The van der Waals surface area contributed by atoms with Crippen molar-refractivity contribution in [2.75, 3.05) is 0 Å². The first-order chi connectivity index (χ1) is 9.57. The van der Waals surface area contributed by atoms with E-state index in [1.165, 1.54) is 0 Å². The SMILES string of the molecule is CC(C)C1C2C=CC(C1C(C)C)C(C(C)(C)C)C2C(C)C. The van der Waals surface area contributed by atoms with Gasteiger partial charge >= 0.3 is 0 Å². The lowest BCUT2D eigenvalue weighted by Gasteiger charge is -2.61. The zero-order valence-electron chi connectivity index (χ0n) is 15.9. The van der Waals surface area contributed by atoms with E-state index in [2.05, 4.69) is 74.5 Å². The van der Waals surface area contributed by atoms with Crippen molar-refractivity contribution in [2.24, 2.45) is 58.7 Å². The molecule has 1 saturated carbocycles. The molecule has 21 heavy (non-hydrogen) atoms. The van der Waals surface area contributed by atoms with Gasteiger partial charge in [-0.25, -0.2) is 0 Å². The minimum absolute atomic E-state index is 0.414. The molecular weight excluding hydrogens is 252 g/mol. The molecule has 0 aromatic heterocycles. The molecule has 0 aromatic rings. The Morgan fingerprint density at radius 3 is 1.38 bits per heavy atom. The van der Waals surface area contributed by atoms with Gasteiger partial charge in [-0.3, -0.25) is 0 Å². The van der Waals surface area contributed by atoms with Gasteiger partial charge in [0.05, 0.1) is 0 Å². The van der Waals surface area contributed by atoms with Gasteiger partial charge in [0.25, 0.3) is 0 Å². The summed E-state index contributed by atoms with van der Waals surface area (Å²) < 4.78 is 0. The topological polar surface area (TPSA) is 0 Å². The summed E-state index contributed by atoms with van der Waals surface area (Å²) >= 11 is 0. The monoisotopic (exact) mass is 290 g/mol. The van der Waals surface area contributed by atoms with Gasteiger partial charge in [0, 0.05) is 0 Å². The van der Waals surface area contributed by atoms with Crippen molar-refractivity contribution in [2.45, 2.75) is 62.3 Å². The Labute approximate surface area is 133 Å². The number of rotatable bonds is 3. The Morgan fingerprint density at radius 1 is 0.619 bits per heavy atom. The van der Waals surface area contributed by atoms with E-state index in [0.717, 1.165) is 53.3 Å². The lowest BCUT2D eigenvalue weighted by Crippen LogP contribution is -2.56. The molecule has 3 rings (SSSR count). The first kappa shape index (κ1) is 17.1. The highest BCUT2D eigenvalue weighted by atomic mass is 14.6. The van der Waals surface area contributed by atoms with Crippen LogP contribution in [0.2, 0.25) is 0 Å². The van der Waals surface area contributed by atoms with Crippen LogP contribution in [0.15, 0.2) is 12.2 Å². The molecule has 0 heteroatoms. The molecular formula is C21H38. The van der Waals surface area contributed by atoms with Crippen LogP contribution in [-0.4, -0.2) is 0 Å². The smallest absolute Gasteiger partial charge is 0.0163 e. The molecule has 6 atom stereocenters. The zero-order chi connectivity index (χ0) is 16.1. The third-order valence-corrected chi connectivity index (χ3v) is 6.47. The van der Waals surface area contributed by atoms with E-state index < -0.39 is 0 Å². The molecule has 0 nitrogen and oxygen atoms in total. The van der Waals surface area contributed by atoms with Gasteiger partial charge in [0.1, 0.15) is 0 Å². The first-order valence-corrected chi connectivity index (χ1v) is 9.25. The van der Waals surface area contributed by atoms with Gasteiger partial charge in [-0.15, -0.1) is 0 Å². The quantitative estimate of drug-likeness (QED) is 0.536. The van der Waals surface area contributed by atoms with E-state index >= 15 is 0 Å². The van der Waals surface area contributed by atoms with Gasteiger partial charge in [-0.2, -0.15) is 0 Å². The summed E-state index contributed by atoms with van der Waals surface area (Å²) in [4.78, 5) is 0. The summed E-state index contributed by atoms with van der Waals surface area (Å²) in [5, 5.41) is 0. The highest BCUT2D eigenvalue weighted by molar-refractivity contribution is 5.18. The zero-order valence-corrected chi connectivity index (χ0v) is 15.9. The summed E-state index contributed by atoms with van der Waals surface area (Å²) in [5.41, 5.74) is 0.414. The molecule has 0 saturated heterocycles. The summed E-state index contributed by atoms with van der Waals surface area (Å²) in [6.07, 6.45) is 5.23. The Balaban J connectivity index is 2.50. The molecule has 122 valence electrons. The molecule has 3 aliphatic carbocycles. The van der Waals surface area contributed by atoms with Crippen LogP contribution in [-0.2, 0) is 0 Å². The van der Waals surface area contributed by atoms with Crippen molar-refractivity contribution < 1.29 is 0 Å². The average molecular weight is 291 g/mol. The van der Waals surface area contributed by atoms with Crippen molar-refractivity contribution in [3.8, 4) is 0 Å². The van der Waals surface area contributed by atoms with Crippen molar-refractivity contribution in [1.29, 1.82) is 0 Å². The lowest BCUT2D eigenvalue weighted by atomic mass is 9.44. The van der Waals surface area contributed by atoms with Crippen LogP contribution in [0.4, 0.5) is 0 Å². The van der Waals surface area contributed by atoms with E-state index in [4.69, 9.17) is 0 Å². The molecule has 0 radical (unpaired) electrons. The number of hydrogen-bond acceptors (Lipinski definition) is 0. The molecule has 1 fully saturated rings. The van der Waals surface area contributed by atoms with Crippen molar-refractivity contribution in [3.63, 3.8) is 0 Å². The molecule has 0 spiro atoms. The highest BCUT2D eigenvalue weighted by Gasteiger charge is 2.56. The molecule has 2 bridgehead atoms. The van der Waals surface area contributed by atoms with Crippen LogP contribution < -0.4 is 0 Å². The highest BCUT2D eigenvalue weighted by Crippen LogP contribution is 2.61. The van der Waals surface area contributed by atoms with Crippen LogP contribution in [0.3, 0.4) is 0 Å². The normalized spacial score (nSPS) is 39.8. The summed E-state index contributed by atoms with van der Waals surface area (Å²) in [6.45, 7) is 22.2. The number of allylic oxidation sites excluding steroid dienone is 2. The second-order valence-corrected chi connectivity index (χ2v) is 9.90. The summed E-state index contributed by atoms with van der Waals surface area (Å²) in [7, 11) is 0.